The minimum absolute atomic E-state index is 0.245. The van der Waals surface area contributed by atoms with Gasteiger partial charge in [-0.2, -0.15) is 0 Å². The van der Waals surface area contributed by atoms with Crippen molar-refractivity contribution in [2.75, 3.05) is 27.3 Å². The molecule has 0 bridgehead atoms. The van der Waals surface area contributed by atoms with Crippen LogP contribution >= 0.6 is 12.2 Å². The van der Waals surface area contributed by atoms with Crippen molar-refractivity contribution in [2.45, 2.75) is 13.3 Å². The summed E-state index contributed by atoms with van der Waals surface area (Å²) in [6.45, 7) is 3.36. The summed E-state index contributed by atoms with van der Waals surface area (Å²) in [5.41, 5.74) is 7.05. The Morgan fingerprint density at radius 1 is 1.17 bits per heavy atom. The third-order valence-electron chi connectivity index (χ3n) is 4.68. The van der Waals surface area contributed by atoms with Gasteiger partial charge in [-0.05, 0) is 37.7 Å². The van der Waals surface area contributed by atoms with Crippen molar-refractivity contribution in [2.24, 2.45) is 0 Å². The van der Waals surface area contributed by atoms with E-state index in [9.17, 15) is 4.79 Å². The number of hydrogen-bond donors (Lipinski definition) is 2. The van der Waals surface area contributed by atoms with Gasteiger partial charge in [-0.3, -0.25) is 15.2 Å². The van der Waals surface area contributed by atoms with Crippen LogP contribution < -0.4 is 10.7 Å². The van der Waals surface area contributed by atoms with E-state index in [2.05, 4.69) is 10.7 Å². The maximum absolute atomic E-state index is 13.1. The van der Waals surface area contributed by atoms with Crippen LogP contribution in [-0.2, 0) is 4.74 Å². The molecule has 1 aromatic heterocycles. The van der Waals surface area contributed by atoms with E-state index >= 15 is 0 Å². The van der Waals surface area contributed by atoms with Crippen LogP contribution in [0.5, 0.6) is 0 Å². The number of hydrazine groups is 1. The lowest BCUT2D eigenvalue weighted by Gasteiger charge is -2.22. The van der Waals surface area contributed by atoms with Crippen molar-refractivity contribution >= 4 is 34.1 Å². The summed E-state index contributed by atoms with van der Waals surface area (Å²) in [6, 6.07) is 17.6. The Morgan fingerprint density at radius 2 is 1.90 bits per heavy atom. The SMILES string of the molecule is COCCCNC(=S)N(C)NC(=O)c1cc(-c2ccc(C)cc2)nc2ccccc12. The van der Waals surface area contributed by atoms with E-state index in [0.29, 0.717) is 23.8 Å². The molecule has 2 aromatic carbocycles. The number of pyridine rings is 1. The quantitative estimate of drug-likeness (QED) is 0.359. The van der Waals surface area contributed by atoms with Gasteiger partial charge in [0.15, 0.2) is 5.11 Å². The molecule has 1 heterocycles. The Balaban J connectivity index is 1.84. The molecule has 0 spiro atoms. The standard InChI is InChI=1S/C23H26N4O2S/c1-16-9-11-17(12-10-16)21-15-19(18-7-4-5-8-20(18)25-21)22(28)26-27(2)23(30)24-13-6-14-29-3/h4-5,7-12,15H,6,13-14H2,1-3H3,(H,24,30)(H,26,28). The highest BCUT2D eigenvalue weighted by Gasteiger charge is 2.16. The summed E-state index contributed by atoms with van der Waals surface area (Å²) in [4.78, 5) is 17.8. The number of thiocarbonyl (C=S) groups is 1. The Labute approximate surface area is 182 Å². The predicted octanol–water partition coefficient (Wildman–Crippen LogP) is 3.70. The van der Waals surface area contributed by atoms with Crippen LogP contribution in [0.3, 0.4) is 0 Å². The number of para-hydroxylation sites is 1. The van der Waals surface area contributed by atoms with Gasteiger partial charge >= 0.3 is 0 Å². The van der Waals surface area contributed by atoms with E-state index in [4.69, 9.17) is 21.9 Å². The summed E-state index contributed by atoms with van der Waals surface area (Å²) >= 11 is 5.35. The summed E-state index contributed by atoms with van der Waals surface area (Å²) in [6.07, 6.45) is 0.827. The minimum atomic E-state index is -0.245. The van der Waals surface area contributed by atoms with Crippen molar-refractivity contribution < 1.29 is 9.53 Å². The van der Waals surface area contributed by atoms with Gasteiger partial charge in [-0.15, -0.1) is 0 Å². The van der Waals surface area contributed by atoms with Crippen molar-refractivity contribution in [3.8, 4) is 11.3 Å². The zero-order valence-electron chi connectivity index (χ0n) is 17.4. The van der Waals surface area contributed by atoms with Crippen LogP contribution in [0.25, 0.3) is 22.2 Å². The van der Waals surface area contributed by atoms with E-state index in [-0.39, 0.29) is 5.91 Å². The molecule has 0 saturated heterocycles. The largest absolute Gasteiger partial charge is 0.385 e. The molecule has 7 heteroatoms. The second-order valence-electron chi connectivity index (χ2n) is 7.02. The fourth-order valence-corrected chi connectivity index (χ4v) is 3.18. The molecule has 0 radical (unpaired) electrons. The normalized spacial score (nSPS) is 10.6. The van der Waals surface area contributed by atoms with E-state index in [0.717, 1.165) is 28.6 Å². The molecule has 0 aliphatic heterocycles. The Kier molecular flexibility index (Phi) is 7.32. The highest BCUT2D eigenvalue weighted by molar-refractivity contribution is 7.80. The van der Waals surface area contributed by atoms with Gasteiger partial charge in [-0.25, -0.2) is 4.98 Å². The molecule has 1 amide bonds. The topological polar surface area (TPSA) is 66.5 Å². The number of amides is 1. The van der Waals surface area contributed by atoms with Crippen LogP contribution in [0.2, 0.25) is 0 Å². The monoisotopic (exact) mass is 422 g/mol. The molecule has 3 rings (SSSR count). The summed E-state index contributed by atoms with van der Waals surface area (Å²) in [7, 11) is 3.38. The summed E-state index contributed by atoms with van der Waals surface area (Å²) < 4.78 is 5.03. The van der Waals surface area contributed by atoms with Gasteiger partial charge in [0.05, 0.1) is 16.8 Å². The molecule has 6 nitrogen and oxygen atoms in total. The highest BCUT2D eigenvalue weighted by atomic mass is 32.1. The Hall–Kier alpha value is -3.03. The molecule has 0 fully saturated rings. The number of nitrogens with one attached hydrogen (secondary N) is 2. The molecule has 3 aromatic rings. The molecule has 0 aliphatic rings. The van der Waals surface area contributed by atoms with Crippen LogP contribution in [0.4, 0.5) is 0 Å². The number of fused-ring (bicyclic) bond motifs is 1. The zero-order valence-corrected chi connectivity index (χ0v) is 18.3. The van der Waals surface area contributed by atoms with Gasteiger partial charge in [0.2, 0.25) is 0 Å². The van der Waals surface area contributed by atoms with Crippen molar-refractivity contribution in [1.29, 1.82) is 0 Å². The average molecular weight is 423 g/mol. The Morgan fingerprint density at radius 3 is 2.63 bits per heavy atom. The van der Waals surface area contributed by atoms with Crippen LogP contribution in [0.1, 0.15) is 22.3 Å². The number of hydrogen-bond acceptors (Lipinski definition) is 4. The number of aromatic nitrogens is 1. The van der Waals surface area contributed by atoms with Crippen molar-refractivity contribution in [3.05, 3.63) is 65.7 Å². The lowest BCUT2D eigenvalue weighted by Crippen LogP contribution is -2.48. The highest BCUT2D eigenvalue weighted by Crippen LogP contribution is 2.25. The number of aryl methyl sites for hydroxylation is 1. The molecular formula is C23H26N4O2S. The maximum Gasteiger partial charge on any atom is 0.270 e. The summed E-state index contributed by atoms with van der Waals surface area (Å²) in [5, 5.41) is 5.85. The van der Waals surface area contributed by atoms with Gasteiger partial charge in [-0.1, -0.05) is 48.0 Å². The third-order valence-corrected chi connectivity index (χ3v) is 5.10. The average Bonchev–Trinajstić information content (AvgIpc) is 2.76. The molecule has 0 aliphatic carbocycles. The number of methoxy groups -OCH3 is 1. The van der Waals surface area contributed by atoms with Crippen LogP contribution in [-0.4, -0.2) is 48.3 Å². The molecule has 2 N–H and O–H groups in total. The van der Waals surface area contributed by atoms with Crippen molar-refractivity contribution in [1.82, 2.24) is 20.7 Å². The van der Waals surface area contributed by atoms with Crippen molar-refractivity contribution in [3.63, 3.8) is 0 Å². The zero-order chi connectivity index (χ0) is 21.5. The van der Waals surface area contributed by atoms with E-state index in [1.165, 1.54) is 10.6 Å². The molecular weight excluding hydrogens is 396 g/mol. The predicted molar refractivity (Wildman–Crippen MR) is 124 cm³/mol. The van der Waals surface area contributed by atoms with Crippen LogP contribution in [0, 0.1) is 6.92 Å². The minimum Gasteiger partial charge on any atom is -0.385 e. The van der Waals surface area contributed by atoms with E-state index < -0.39 is 0 Å². The fraction of sp³-hybridized carbons (Fsp3) is 0.261. The number of carbonyl (C=O) groups excluding carboxylic acids is 1. The molecule has 0 unspecified atom stereocenters. The number of ether oxygens (including phenoxy) is 1. The van der Waals surface area contributed by atoms with Gasteiger partial charge < -0.3 is 10.1 Å². The third kappa shape index (κ3) is 5.31. The van der Waals surface area contributed by atoms with Gasteiger partial charge in [0, 0.05) is 38.3 Å². The molecule has 156 valence electrons. The smallest absolute Gasteiger partial charge is 0.270 e. The summed E-state index contributed by atoms with van der Waals surface area (Å²) in [5.74, 6) is -0.245. The number of nitrogens with zero attached hydrogens (tertiary/aromatic N) is 2. The fourth-order valence-electron chi connectivity index (χ4n) is 3.03. The number of rotatable bonds is 6. The first-order chi connectivity index (χ1) is 14.5. The maximum atomic E-state index is 13.1. The van der Waals surface area contributed by atoms with E-state index in [1.807, 2.05) is 61.5 Å². The van der Waals surface area contributed by atoms with Gasteiger partial charge in [0.25, 0.3) is 5.91 Å². The van der Waals surface area contributed by atoms with E-state index in [1.54, 1.807) is 14.2 Å². The molecule has 30 heavy (non-hydrogen) atoms. The number of benzene rings is 2. The second kappa shape index (κ2) is 10.1. The van der Waals surface area contributed by atoms with Gasteiger partial charge in [0.1, 0.15) is 0 Å². The molecule has 0 atom stereocenters. The lowest BCUT2D eigenvalue weighted by molar-refractivity contribution is 0.0888. The lowest BCUT2D eigenvalue weighted by atomic mass is 10.0. The second-order valence-corrected chi connectivity index (χ2v) is 7.40. The first-order valence-corrected chi connectivity index (χ1v) is 10.2. The first-order valence-electron chi connectivity index (χ1n) is 9.78. The first kappa shape index (κ1) is 21.7. The van der Waals surface area contributed by atoms with Crippen LogP contribution in [0.15, 0.2) is 54.6 Å². The molecule has 0 saturated carbocycles. The number of carbonyl (C=O) groups is 1. The Bertz CT molecular complexity index is 1040.